The van der Waals surface area contributed by atoms with Crippen molar-refractivity contribution in [3.8, 4) is 0 Å². The molecule has 0 aromatic rings. The number of nitrogens with zero attached hydrogens (tertiary/aromatic N) is 2. The summed E-state index contributed by atoms with van der Waals surface area (Å²) in [6.07, 6.45) is 2.57. The first-order valence-corrected chi connectivity index (χ1v) is 6.40. The molecule has 0 amide bonds. The van der Waals surface area contributed by atoms with E-state index in [1.165, 1.54) is 19.4 Å². The molecular weight excluding hydrogens is 202 g/mol. The second-order valence-corrected chi connectivity index (χ2v) is 4.97. The van der Waals surface area contributed by atoms with E-state index in [2.05, 4.69) is 23.8 Å². The van der Waals surface area contributed by atoms with Crippen molar-refractivity contribution < 1.29 is 5.11 Å². The summed E-state index contributed by atoms with van der Waals surface area (Å²) in [5.41, 5.74) is 5.87. The van der Waals surface area contributed by atoms with Crippen molar-refractivity contribution in [2.45, 2.75) is 44.8 Å². The monoisotopic (exact) mass is 229 g/mol. The second kappa shape index (κ2) is 6.55. The van der Waals surface area contributed by atoms with E-state index in [4.69, 9.17) is 5.73 Å². The largest absolute Gasteiger partial charge is 0.395 e. The lowest BCUT2D eigenvalue weighted by atomic mass is 10.1. The van der Waals surface area contributed by atoms with Crippen LogP contribution in [0.4, 0.5) is 0 Å². The van der Waals surface area contributed by atoms with Crippen LogP contribution < -0.4 is 5.73 Å². The molecule has 3 unspecified atom stereocenters. The van der Waals surface area contributed by atoms with Crippen LogP contribution in [0.5, 0.6) is 0 Å². The number of likely N-dealkylation sites (tertiary alicyclic amines) is 1. The van der Waals surface area contributed by atoms with Gasteiger partial charge in [-0.1, -0.05) is 6.92 Å². The number of hydrogen-bond donors (Lipinski definition) is 2. The fourth-order valence-corrected chi connectivity index (χ4v) is 2.69. The van der Waals surface area contributed by atoms with E-state index < -0.39 is 0 Å². The maximum atomic E-state index is 9.33. The van der Waals surface area contributed by atoms with E-state index in [0.717, 1.165) is 13.1 Å². The van der Waals surface area contributed by atoms with Gasteiger partial charge in [-0.3, -0.25) is 9.80 Å². The molecule has 96 valence electrons. The highest BCUT2D eigenvalue weighted by atomic mass is 16.3. The van der Waals surface area contributed by atoms with Gasteiger partial charge in [-0.2, -0.15) is 0 Å². The van der Waals surface area contributed by atoms with Gasteiger partial charge in [0.25, 0.3) is 0 Å². The standard InChI is InChI=1S/C12H27N3O/c1-4-15-7-5-6-11(15)8-14(3)12(9-16)10(2)13/h10-12,16H,4-9,13H2,1-3H3. The molecule has 4 nitrogen and oxygen atoms in total. The summed E-state index contributed by atoms with van der Waals surface area (Å²) in [7, 11) is 2.07. The molecule has 0 aromatic heterocycles. The lowest BCUT2D eigenvalue weighted by molar-refractivity contribution is 0.103. The number of hydrogen-bond acceptors (Lipinski definition) is 4. The minimum atomic E-state index is 0.0199. The van der Waals surface area contributed by atoms with Crippen LogP contribution in [0.3, 0.4) is 0 Å². The Kier molecular flexibility index (Phi) is 5.69. The maximum Gasteiger partial charge on any atom is 0.0601 e. The topological polar surface area (TPSA) is 52.7 Å². The molecule has 3 atom stereocenters. The first kappa shape index (κ1) is 13.9. The summed E-state index contributed by atoms with van der Waals surface area (Å²) in [6, 6.07) is 0.744. The van der Waals surface area contributed by atoms with Crippen molar-refractivity contribution in [2.75, 3.05) is 33.3 Å². The molecule has 1 heterocycles. The highest BCUT2D eigenvalue weighted by Gasteiger charge is 2.27. The molecule has 0 radical (unpaired) electrons. The van der Waals surface area contributed by atoms with E-state index in [1.54, 1.807) is 0 Å². The van der Waals surface area contributed by atoms with E-state index in [1.807, 2.05) is 6.92 Å². The number of aliphatic hydroxyl groups is 1. The molecule has 3 N–H and O–H groups in total. The second-order valence-electron chi connectivity index (χ2n) is 4.97. The molecule has 16 heavy (non-hydrogen) atoms. The van der Waals surface area contributed by atoms with Gasteiger partial charge in [0, 0.05) is 24.7 Å². The van der Waals surface area contributed by atoms with Gasteiger partial charge in [-0.15, -0.1) is 0 Å². The Morgan fingerprint density at radius 3 is 2.75 bits per heavy atom. The highest BCUT2D eigenvalue weighted by molar-refractivity contribution is 4.84. The fourth-order valence-electron chi connectivity index (χ4n) is 2.69. The number of likely N-dealkylation sites (N-methyl/N-ethyl adjacent to an activating group) is 2. The Hall–Kier alpha value is -0.160. The average molecular weight is 229 g/mol. The van der Waals surface area contributed by atoms with E-state index in [9.17, 15) is 5.11 Å². The van der Waals surface area contributed by atoms with Gasteiger partial charge >= 0.3 is 0 Å². The highest BCUT2D eigenvalue weighted by Crippen LogP contribution is 2.18. The zero-order valence-corrected chi connectivity index (χ0v) is 10.9. The molecule has 0 aromatic carbocycles. The molecule has 1 fully saturated rings. The third-order valence-electron chi connectivity index (χ3n) is 3.76. The molecule has 0 spiro atoms. The van der Waals surface area contributed by atoms with Crippen LogP contribution in [0.2, 0.25) is 0 Å². The first-order chi connectivity index (χ1) is 7.60. The Morgan fingerprint density at radius 1 is 1.56 bits per heavy atom. The average Bonchev–Trinajstić information content (AvgIpc) is 2.65. The Bertz CT molecular complexity index is 199. The van der Waals surface area contributed by atoms with Gasteiger partial charge < -0.3 is 10.8 Å². The first-order valence-electron chi connectivity index (χ1n) is 6.40. The van der Waals surface area contributed by atoms with E-state index in [-0.39, 0.29) is 18.7 Å². The molecule has 4 heteroatoms. The molecule has 1 aliphatic heterocycles. The van der Waals surface area contributed by atoms with Crippen LogP contribution in [0, 0.1) is 0 Å². The SMILES string of the molecule is CCN1CCCC1CN(C)C(CO)C(C)N. The summed E-state index contributed by atoms with van der Waals surface area (Å²) in [5, 5.41) is 9.33. The number of nitrogens with two attached hydrogens (primary N) is 1. The minimum Gasteiger partial charge on any atom is -0.395 e. The van der Waals surface area contributed by atoms with Crippen molar-refractivity contribution in [3.05, 3.63) is 0 Å². The third kappa shape index (κ3) is 3.42. The van der Waals surface area contributed by atoms with Crippen LogP contribution in [0.25, 0.3) is 0 Å². The molecule has 0 saturated carbocycles. The van der Waals surface area contributed by atoms with Crippen LogP contribution in [-0.4, -0.2) is 66.3 Å². The Morgan fingerprint density at radius 2 is 2.25 bits per heavy atom. The van der Waals surface area contributed by atoms with Crippen molar-refractivity contribution in [1.29, 1.82) is 0 Å². The fraction of sp³-hybridized carbons (Fsp3) is 1.00. The minimum absolute atomic E-state index is 0.0199. The van der Waals surface area contributed by atoms with Gasteiger partial charge in [0.1, 0.15) is 0 Å². The number of aliphatic hydroxyl groups excluding tert-OH is 1. The van der Waals surface area contributed by atoms with Crippen LogP contribution in [0.1, 0.15) is 26.7 Å². The molecule has 1 rings (SSSR count). The Labute approximate surface area is 99.4 Å². The summed E-state index contributed by atoms with van der Waals surface area (Å²) in [5.74, 6) is 0. The van der Waals surface area contributed by atoms with Crippen molar-refractivity contribution >= 4 is 0 Å². The van der Waals surface area contributed by atoms with Crippen LogP contribution >= 0.6 is 0 Å². The summed E-state index contributed by atoms with van der Waals surface area (Å²) < 4.78 is 0. The summed E-state index contributed by atoms with van der Waals surface area (Å²) >= 11 is 0. The smallest absolute Gasteiger partial charge is 0.0601 e. The van der Waals surface area contributed by atoms with Crippen molar-refractivity contribution in [3.63, 3.8) is 0 Å². The van der Waals surface area contributed by atoms with Gasteiger partial charge in [0.15, 0.2) is 0 Å². The summed E-state index contributed by atoms with van der Waals surface area (Å²) in [4.78, 5) is 4.73. The lowest BCUT2D eigenvalue weighted by Crippen LogP contribution is -2.50. The normalized spacial score (nSPS) is 26.2. The lowest BCUT2D eigenvalue weighted by Gasteiger charge is -2.34. The van der Waals surface area contributed by atoms with Crippen LogP contribution in [-0.2, 0) is 0 Å². The van der Waals surface area contributed by atoms with Gasteiger partial charge in [0.05, 0.1) is 6.61 Å². The quantitative estimate of drug-likeness (QED) is 0.679. The predicted octanol–water partition coefficient (Wildman–Crippen LogP) is 0.111. The maximum absolute atomic E-state index is 9.33. The molecular formula is C12H27N3O. The van der Waals surface area contributed by atoms with Gasteiger partial charge in [0.2, 0.25) is 0 Å². The van der Waals surface area contributed by atoms with Gasteiger partial charge in [-0.05, 0) is 39.9 Å². The third-order valence-corrected chi connectivity index (χ3v) is 3.76. The van der Waals surface area contributed by atoms with Crippen LogP contribution in [0.15, 0.2) is 0 Å². The van der Waals surface area contributed by atoms with E-state index in [0.29, 0.717) is 6.04 Å². The van der Waals surface area contributed by atoms with Crippen molar-refractivity contribution in [2.24, 2.45) is 5.73 Å². The zero-order chi connectivity index (χ0) is 12.1. The predicted molar refractivity (Wildman–Crippen MR) is 67.4 cm³/mol. The Balaban J connectivity index is 2.45. The van der Waals surface area contributed by atoms with Gasteiger partial charge in [-0.25, -0.2) is 0 Å². The van der Waals surface area contributed by atoms with Crippen molar-refractivity contribution in [1.82, 2.24) is 9.80 Å². The molecule has 1 aliphatic rings. The van der Waals surface area contributed by atoms with E-state index >= 15 is 0 Å². The number of rotatable bonds is 6. The molecule has 1 saturated heterocycles. The zero-order valence-electron chi connectivity index (χ0n) is 10.9. The molecule has 0 bridgehead atoms. The molecule has 0 aliphatic carbocycles. The summed E-state index contributed by atoms with van der Waals surface area (Å²) in [6.45, 7) is 7.68.